The van der Waals surface area contributed by atoms with E-state index in [9.17, 15) is 14.4 Å². The molecule has 0 spiro atoms. The molecule has 15 heteroatoms. The zero-order chi connectivity index (χ0) is 42.4. The van der Waals surface area contributed by atoms with Crippen LogP contribution < -0.4 is 16.4 Å². The van der Waals surface area contributed by atoms with Gasteiger partial charge >= 0.3 is 6.09 Å². The van der Waals surface area contributed by atoms with Gasteiger partial charge in [-0.05, 0) is 119 Å². The number of nitrogens with one attached hydrogen (secondary N) is 1. The Bertz CT molecular complexity index is 3060. The summed E-state index contributed by atoms with van der Waals surface area (Å²) in [5.41, 5.74) is 8.20. The van der Waals surface area contributed by atoms with Gasteiger partial charge in [0, 0.05) is 73.6 Å². The molecule has 0 bridgehead atoms. The summed E-state index contributed by atoms with van der Waals surface area (Å²) < 4.78 is 12.4. The molecule has 6 aromatic heterocycles. The van der Waals surface area contributed by atoms with Gasteiger partial charge in [0.25, 0.3) is 11.1 Å². The molecule has 2 saturated heterocycles. The molecule has 2 aliphatic rings. The maximum atomic E-state index is 13.0. The monoisotopic (exact) mass is 870 g/mol. The number of halogens is 1. The number of benzene rings is 2. The van der Waals surface area contributed by atoms with Crippen LogP contribution >= 0.6 is 12.4 Å². The second-order valence-electron chi connectivity index (χ2n) is 17.2. The highest BCUT2D eigenvalue weighted by Gasteiger charge is 2.28. The number of amides is 1. The molecular formula is C48H55ClN10O4. The molecule has 0 unspecified atom stereocenters. The summed E-state index contributed by atoms with van der Waals surface area (Å²) >= 11 is 0. The van der Waals surface area contributed by atoms with Gasteiger partial charge in [-0.1, -0.05) is 31.7 Å². The largest absolute Gasteiger partial charge is 0.444 e. The number of carbonyl (C=O) groups is 1. The molecule has 0 saturated carbocycles. The van der Waals surface area contributed by atoms with Crippen LogP contribution in [0.3, 0.4) is 0 Å². The minimum absolute atomic E-state index is 0. The lowest BCUT2D eigenvalue weighted by Crippen LogP contribution is -2.41. The summed E-state index contributed by atoms with van der Waals surface area (Å²) in [6, 6.07) is 23.2. The number of fused-ring (bicyclic) bond motifs is 4. The molecule has 0 radical (unpaired) electrons. The first-order valence-electron chi connectivity index (χ1n) is 21.0. The summed E-state index contributed by atoms with van der Waals surface area (Å²) in [7, 11) is 3.82. The fraction of sp³-hybridized carbons (Fsp3) is 0.354. The minimum Gasteiger partial charge on any atom is -0.444 e. The number of carbonyl (C=O) groups excluding carboxylic acids is 1. The molecule has 0 aliphatic carbocycles. The molecule has 2 aromatic carbocycles. The molecule has 10 rings (SSSR count). The normalized spacial score (nSPS) is 14.9. The number of pyridine rings is 2. The van der Waals surface area contributed by atoms with Crippen molar-refractivity contribution in [2.24, 2.45) is 14.1 Å². The third-order valence-electron chi connectivity index (χ3n) is 11.9. The Morgan fingerprint density at radius 1 is 0.667 bits per heavy atom. The fourth-order valence-corrected chi connectivity index (χ4v) is 8.54. The summed E-state index contributed by atoms with van der Waals surface area (Å²) in [5.74, 6) is 0.790. The topological polar surface area (TPSA) is 146 Å². The van der Waals surface area contributed by atoms with Crippen molar-refractivity contribution >= 4 is 51.6 Å². The zero-order valence-electron chi connectivity index (χ0n) is 35.6. The number of aryl methyl sites for hydroxylation is 2. The SMILES string of the molecule is C.Cl.Cn1ncc2cc(-c3cc(=O)n4cc(C5CCN(C(=O)OC(C)(C)C)CC5)ccc4n3)ccc21.Cn1ncc2cc(-c3cc(=O)n4cc(C5CCNCC5)ccc4n3)ccc21. The van der Waals surface area contributed by atoms with Crippen LogP contribution in [0.1, 0.15) is 76.8 Å². The molecule has 0 atom stereocenters. The third-order valence-corrected chi connectivity index (χ3v) is 11.9. The van der Waals surface area contributed by atoms with Gasteiger partial charge in [0.15, 0.2) is 0 Å². The predicted molar refractivity (Wildman–Crippen MR) is 251 cm³/mol. The Morgan fingerprint density at radius 3 is 1.59 bits per heavy atom. The summed E-state index contributed by atoms with van der Waals surface area (Å²) in [5, 5.41) is 14.0. The molecule has 1 amide bonds. The van der Waals surface area contributed by atoms with Gasteiger partial charge in [-0.2, -0.15) is 10.2 Å². The number of ether oxygens (including phenoxy) is 1. The summed E-state index contributed by atoms with van der Waals surface area (Å²) in [4.78, 5) is 49.3. The van der Waals surface area contributed by atoms with Crippen LogP contribution in [0.2, 0.25) is 0 Å². The Kier molecular flexibility index (Phi) is 12.9. The van der Waals surface area contributed by atoms with Crippen LogP contribution in [-0.2, 0) is 18.8 Å². The number of nitrogens with zero attached hydrogens (tertiary/aromatic N) is 9. The van der Waals surface area contributed by atoms with Crippen molar-refractivity contribution in [2.75, 3.05) is 26.2 Å². The van der Waals surface area contributed by atoms with E-state index in [1.54, 1.807) is 25.8 Å². The number of piperidine rings is 2. The Morgan fingerprint density at radius 2 is 1.13 bits per heavy atom. The standard InChI is InChI=1S/C26H29N5O3.C21H21N5O.CH4.ClH/c1-26(2,3)34-25(33)30-11-9-17(10-12-30)19-6-8-23-28-21(14-24(32)31(23)16-19)18-5-7-22-20(13-18)15-27-29(22)4;1-25-19-4-2-15(10-17(19)12-23-25)18-11-21(27)26-13-16(3-5-20(26)24-18)14-6-8-22-9-7-14;;/h5-8,13-17H,9-12H2,1-4H3;2-5,10-14,22H,6-9H2,1H3;1H4;1H. The lowest BCUT2D eigenvalue weighted by Gasteiger charge is -2.33. The summed E-state index contributed by atoms with van der Waals surface area (Å²) in [6.07, 6.45) is 11.1. The number of likely N-dealkylation sites (tertiary alicyclic amines) is 1. The van der Waals surface area contributed by atoms with Gasteiger partial charge in [-0.25, -0.2) is 14.8 Å². The second-order valence-corrected chi connectivity index (χ2v) is 17.2. The molecule has 63 heavy (non-hydrogen) atoms. The third kappa shape index (κ3) is 9.37. The van der Waals surface area contributed by atoms with Gasteiger partial charge in [-0.15, -0.1) is 12.4 Å². The minimum atomic E-state index is -0.497. The Balaban J connectivity index is 0.000000187. The smallest absolute Gasteiger partial charge is 0.410 e. The first kappa shape index (κ1) is 44.7. The molecule has 14 nitrogen and oxygen atoms in total. The van der Waals surface area contributed by atoms with Crippen LogP contribution in [-0.4, -0.2) is 81.1 Å². The van der Waals surface area contributed by atoms with Gasteiger partial charge in [0.1, 0.15) is 16.9 Å². The van der Waals surface area contributed by atoms with Gasteiger partial charge < -0.3 is 15.0 Å². The quantitative estimate of drug-likeness (QED) is 0.185. The van der Waals surface area contributed by atoms with Gasteiger partial charge in [0.05, 0.1) is 34.8 Å². The average molecular weight is 871 g/mol. The van der Waals surface area contributed by atoms with Crippen LogP contribution in [0.4, 0.5) is 4.79 Å². The van der Waals surface area contributed by atoms with E-state index in [2.05, 4.69) is 21.6 Å². The van der Waals surface area contributed by atoms with Crippen LogP contribution in [0.15, 0.2) is 107 Å². The van der Waals surface area contributed by atoms with Crippen LogP contribution in [0, 0.1) is 0 Å². The van der Waals surface area contributed by atoms with Crippen molar-refractivity contribution in [1.29, 1.82) is 0 Å². The first-order valence-corrected chi connectivity index (χ1v) is 21.0. The number of aromatic nitrogens is 8. The molecule has 1 N–H and O–H groups in total. The molecular weight excluding hydrogens is 816 g/mol. The van der Waals surface area contributed by atoms with Gasteiger partial charge in [0.2, 0.25) is 0 Å². The highest BCUT2D eigenvalue weighted by atomic mass is 35.5. The Labute approximate surface area is 372 Å². The van der Waals surface area contributed by atoms with Crippen molar-refractivity contribution in [3.8, 4) is 22.5 Å². The van der Waals surface area contributed by atoms with E-state index >= 15 is 0 Å². The van der Waals surface area contributed by atoms with Crippen LogP contribution in [0.25, 0.3) is 55.6 Å². The average Bonchev–Trinajstić information content (AvgIpc) is 3.83. The van der Waals surface area contributed by atoms with Crippen molar-refractivity contribution < 1.29 is 9.53 Å². The number of hydrogen-bond donors (Lipinski definition) is 1. The fourth-order valence-electron chi connectivity index (χ4n) is 8.54. The van der Waals surface area contributed by atoms with E-state index in [0.29, 0.717) is 41.7 Å². The zero-order valence-corrected chi connectivity index (χ0v) is 36.4. The molecule has 2 fully saturated rings. The van der Waals surface area contributed by atoms with Crippen molar-refractivity contribution in [3.63, 3.8) is 0 Å². The molecule has 8 aromatic rings. The highest BCUT2D eigenvalue weighted by Crippen LogP contribution is 2.30. The van der Waals surface area contributed by atoms with Crippen molar-refractivity contribution in [1.82, 2.24) is 48.5 Å². The number of rotatable bonds is 4. The van der Waals surface area contributed by atoms with E-state index < -0.39 is 5.60 Å². The lowest BCUT2D eigenvalue weighted by atomic mass is 9.90. The number of hydrogen-bond acceptors (Lipinski definition) is 9. The highest BCUT2D eigenvalue weighted by molar-refractivity contribution is 5.86. The maximum absolute atomic E-state index is 13.0. The predicted octanol–water partition coefficient (Wildman–Crippen LogP) is 8.14. The molecule has 2 aliphatic heterocycles. The molecule has 8 heterocycles. The Hall–Kier alpha value is -6.38. The molecule has 328 valence electrons. The van der Waals surface area contributed by atoms with Crippen molar-refractivity contribution in [2.45, 2.75) is 71.3 Å². The van der Waals surface area contributed by atoms with E-state index in [4.69, 9.17) is 14.7 Å². The summed E-state index contributed by atoms with van der Waals surface area (Å²) in [6.45, 7) is 8.97. The maximum Gasteiger partial charge on any atom is 0.410 e. The van der Waals surface area contributed by atoms with Crippen molar-refractivity contribution in [3.05, 3.63) is 129 Å². The van der Waals surface area contributed by atoms with Gasteiger partial charge in [-0.3, -0.25) is 27.8 Å². The van der Waals surface area contributed by atoms with E-state index in [0.717, 1.165) is 77.3 Å². The van der Waals surface area contributed by atoms with E-state index in [1.165, 1.54) is 5.56 Å². The second kappa shape index (κ2) is 18.1. The first-order chi connectivity index (χ1) is 29.4. The van der Waals surface area contributed by atoms with E-state index in [-0.39, 0.29) is 43.0 Å². The van der Waals surface area contributed by atoms with Crippen LogP contribution in [0.5, 0.6) is 0 Å². The lowest BCUT2D eigenvalue weighted by molar-refractivity contribution is 0.0204. The van der Waals surface area contributed by atoms with E-state index in [1.807, 2.05) is 124 Å².